The lowest BCUT2D eigenvalue weighted by atomic mass is 9.99. The van der Waals surface area contributed by atoms with Crippen LogP contribution in [-0.4, -0.2) is 34.5 Å². The van der Waals surface area contributed by atoms with Crippen LogP contribution >= 0.6 is 13.5 Å². The third-order valence-electron chi connectivity index (χ3n) is 5.80. The number of amides is 3. The first-order valence-corrected chi connectivity index (χ1v) is 10.7. The summed E-state index contributed by atoms with van der Waals surface area (Å²) in [4.78, 5) is 33.6. The number of hydrogen-bond donors (Lipinski definition) is 3. The average Bonchev–Trinajstić information content (AvgIpc) is 3.42. The Hall–Kier alpha value is -3.58. The molecule has 4 rings (SSSR count). The molecule has 10 heteroatoms. The van der Waals surface area contributed by atoms with Crippen molar-refractivity contribution in [3.8, 4) is 0 Å². The van der Waals surface area contributed by atoms with Gasteiger partial charge in [-0.3, -0.25) is 14.5 Å². The molecule has 2 atom stereocenters. The van der Waals surface area contributed by atoms with E-state index >= 15 is 0 Å². The van der Waals surface area contributed by atoms with Crippen LogP contribution in [0.2, 0.25) is 0 Å². The minimum absolute atomic E-state index is 0. The standard InChI is InChI=1S/C24H23F2N5O2.H2S/c1-14(23(32)31-9-3-4-22(31)27-2)10-15-13-28-21-8-6-16(11-18(15)21)29-24(33)30-17-5-7-19(25)20(26)12-17;/h5-8,11-14,22,28H,3-4,9-10H2,1H3,(H2,29,30,33);1H2/t14?,22-;/m0./s1. The van der Waals surface area contributed by atoms with Crippen LogP contribution in [0.15, 0.2) is 42.6 Å². The predicted octanol–water partition coefficient (Wildman–Crippen LogP) is 5.25. The van der Waals surface area contributed by atoms with Crippen LogP contribution in [0.25, 0.3) is 15.7 Å². The number of benzene rings is 2. The number of aromatic nitrogens is 1. The van der Waals surface area contributed by atoms with E-state index in [-0.39, 0.29) is 37.2 Å². The van der Waals surface area contributed by atoms with E-state index in [0.717, 1.165) is 41.4 Å². The Morgan fingerprint density at radius 1 is 1.18 bits per heavy atom. The zero-order chi connectivity index (χ0) is 23.5. The molecule has 0 aliphatic carbocycles. The first-order valence-electron chi connectivity index (χ1n) is 10.7. The van der Waals surface area contributed by atoms with E-state index in [2.05, 4.69) is 20.5 Å². The molecule has 1 aliphatic rings. The lowest BCUT2D eigenvalue weighted by molar-refractivity contribution is -0.135. The van der Waals surface area contributed by atoms with Gasteiger partial charge in [0.1, 0.15) is 0 Å². The average molecular weight is 486 g/mol. The van der Waals surface area contributed by atoms with Crippen molar-refractivity contribution >= 4 is 47.7 Å². The monoisotopic (exact) mass is 485 g/mol. The largest absolute Gasteiger partial charge is 0.361 e. The smallest absolute Gasteiger partial charge is 0.323 e. The lowest BCUT2D eigenvalue weighted by Crippen LogP contribution is -2.38. The van der Waals surface area contributed by atoms with Crippen LogP contribution in [0, 0.1) is 24.1 Å². The van der Waals surface area contributed by atoms with Crippen molar-refractivity contribution < 1.29 is 18.4 Å². The lowest BCUT2D eigenvalue weighted by Gasteiger charge is -2.20. The van der Waals surface area contributed by atoms with Gasteiger partial charge in [-0.1, -0.05) is 6.92 Å². The van der Waals surface area contributed by atoms with Gasteiger partial charge < -0.3 is 15.6 Å². The highest BCUT2D eigenvalue weighted by molar-refractivity contribution is 7.59. The number of carbonyl (C=O) groups excluding carboxylic acids is 2. The third kappa shape index (κ3) is 5.31. The maximum Gasteiger partial charge on any atom is 0.323 e. The number of nitrogens with one attached hydrogen (secondary N) is 3. The zero-order valence-corrected chi connectivity index (χ0v) is 19.5. The summed E-state index contributed by atoms with van der Waals surface area (Å²) < 4.78 is 26.4. The molecular formula is C24H25F2N5O2S. The van der Waals surface area contributed by atoms with Crippen molar-refractivity contribution in [2.45, 2.75) is 32.4 Å². The SMILES string of the molecule is S.[C-]#[N+][C@@H]1CCCN1C(=O)C(C)Cc1c[nH]c2ccc(NC(=O)Nc3ccc(F)c(F)c3)cc12. The number of likely N-dealkylation sites (tertiary alicyclic amines) is 1. The quantitative estimate of drug-likeness (QED) is 0.432. The maximum absolute atomic E-state index is 13.3. The minimum Gasteiger partial charge on any atom is -0.361 e. The molecule has 1 unspecified atom stereocenters. The molecule has 3 aromatic rings. The molecule has 0 bridgehead atoms. The molecule has 3 N–H and O–H groups in total. The Balaban J connectivity index is 0.00000324. The van der Waals surface area contributed by atoms with Gasteiger partial charge in [0.05, 0.1) is 0 Å². The summed E-state index contributed by atoms with van der Waals surface area (Å²) in [5.41, 5.74) is 2.42. The first kappa shape index (κ1) is 25.1. The highest BCUT2D eigenvalue weighted by Crippen LogP contribution is 2.27. The van der Waals surface area contributed by atoms with Gasteiger partial charge in [-0.2, -0.15) is 13.5 Å². The van der Waals surface area contributed by atoms with E-state index in [4.69, 9.17) is 6.57 Å². The Labute approximate surface area is 202 Å². The number of urea groups is 1. The van der Waals surface area contributed by atoms with Gasteiger partial charge in [-0.15, -0.1) is 0 Å². The number of aromatic amines is 1. The molecule has 1 saturated heterocycles. The zero-order valence-electron chi connectivity index (χ0n) is 18.5. The highest BCUT2D eigenvalue weighted by atomic mass is 32.1. The molecule has 3 amide bonds. The van der Waals surface area contributed by atoms with Crippen LogP contribution in [0.5, 0.6) is 0 Å². The number of fused-ring (bicyclic) bond motifs is 1. The van der Waals surface area contributed by atoms with Crippen LogP contribution in [0.3, 0.4) is 0 Å². The van der Waals surface area contributed by atoms with Gasteiger partial charge in [0, 0.05) is 53.4 Å². The summed E-state index contributed by atoms with van der Waals surface area (Å²) in [5.74, 6) is -2.36. The molecule has 2 aromatic carbocycles. The fraction of sp³-hybridized carbons (Fsp3) is 0.292. The molecule has 178 valence electrons. The summed E-state index contributed by atoms with van der Waals surface area (Å²) in [6.07, 6.45) is 3.53. The molecule has 2 heterocycles. The molecule has 7 nitrogen and oxygen atoms in total. The van der Waals surface area contributed by atoms with Crippen LogP contribution < -0.4 is 10.6 Å². The van der Waals surface area contributed by atoms with Crippen LogP contribution in [0.4, 0.5) is 25.0 Å². The molecule has 1 aromatic heterocycles. The molecule has 0 saturated carbocycles. The van der Waals surface area contributed by atoms with Crippen LogP contribution in [-0.2, 0) is 11.2 Å². The second-order valence-electron chi connectivity index (χ2n) is 8.17. The van der Waals surface area contributed by atoms with E-state index < -0.39 is 17.7 Å². The van der Waals surface area contributed by atoms with E-state index in [1.165, 1.54) is 6.07 Å². The number of halogens is 2. The fourth-order valence-electron chi connectivity index (χ4n) is 4.13. The van der Waals surface area contributed by atoms with Crippen molar-refractivity contribution in [2.24, 2.45) is 5.92 Å². The third-order valence-corrected chi connectivity index (χ3v) is 5.80. The number of anilines is 2. The minimum atomic E-state index is -1.05. The summed E-state index contributed by atoms with van der Waals surface area (Å²) >= 11 is 0. The number of hydrogen-bond acceptors (Lipinski definition) is 2. The fourth-order valence-corrected chi connectivity index (χ4v) is 4.13. The van der Waals surface area contributed by atoms with E-state index in [1.54, 1.807) is 17.0 Å². The van der Waals surface area contributed by atoms with Crippen molar-refractivity contribution in [1.29, 1.82) is 0 Å². The summed E-state index contributed by atoms with van der Waals surface area (Å²) in [7, 11) is 0. The molecule has 0 spiro atoms. The van der Waals surface area contributed by atoms with Crippen molar-refractivity contribution in [2.75, 3.05) is 17.2 Å². The van der Waals surface area contributed by atoms with E-state index in [9.17, 15) is 18.4 Å². The van der Waals surface area contributed by atoms with Gasteiger partial charge in [0.25, 0.3) is 0 Å². The molecule has 1 aliphatic heterocycles. The molecular weight excluding hydrogens is 460 g/mol. The van der Waals surface area contributed by atoms with Gasteiger partial charge >= 0.3 is 12.2 Å². The normalized spacial score (nSPS) is 15.9. The summed E-state index contributed by atoms with van der Waals surface area (Å²) in [5, 5.41) is 6.01. The number of carbonyl (C=O) groups is 2. The predicted molar refractivity (Wildman–Crippen MR) is 132 cm³/mol. The van der Waals surface area contributed by atoms with Crippen molar-refractivity contribution in [3.63, 3.8) is 0 Å². The maximum atomic E-state index is 13.3. The summed E-state index contributed by atoms with van der Waals surface area (Å²) in [6, 6.07) is 7.83. The Kier molecular flexibility index (Phi) is 7.79. The molecule has 34 heavy (non-hydrogen) atoms. The van der Waals surface area contributed by atoms with Crippen molar-refractivity contribution in [3.05, 3.63) is 71.2 Å². The summed E-state index contributed by atoms with van der Waals surface area (Å²) in [6.45, 7) is 9.77. The topological polar surface area (TPSA) is 81.6 Å². The van der Waals surface area contributed by atoms with Gasteiger partial charge in [0.2, 0.25) is 5.91 Å². The van der Waals surface area contributed by atoms with Crippen LogP contribution in [0.1, 0.15) is 25.3 Å². The van der Waals surface area contributed by atoms with E-state index in [0.29, 0.717) is 18.7 Å². The number of H-pyrrole nitrogens is 1. The molecule has 0 radical (unpaired) electrons. The Morgan fingerprint density at radius 2 is 1.88 bits per heavy atom. The highest BCUT2D eigenvalue weighted by Gasteiger charge is 2.35. The second kappa shape index (κ2) is 10.6. The first-order chi connectivity index (χ1) is 15.9. The Morgan fingerprint density at radius 3 is 2.59 bits per heavy atom. The molecule has 1 fully saturated rings. The van der Waals surface area contributed by atoms with Crippen molar-refractivity contribution in [1.82, 2.24) is 9.88 Å². The van der Waals surface area contributed by atoms with Gasteiger partial charge in [-0.25, -0.2) is 20.1 Å². The second-order valence-corrected chi connectivity index (χ2v) is 8.17. The van der Waals surface area contributed by atoms with E-state index in [1.807, 2.05) is 19.2 Å². The van der Waals surface area contributed by atoms with Gasteiger partial charge in [-0.05, 0) is 48.7 Å². The van der Waals surface area contributed by atoms with Gasteiger partial charge in [0.15, 0.2) is 11.6 Å². The Bertz CT molecular complexity index is 1260. The number of nitrogens with zero attached hydrogens (tertiary/aromatic N) is 2. The number of rotatable bonds is 5.